The second-order valence-electron chi connectivity index (χ2n) is 6.01. The summed E-state index contributed by atoms with van der Waals surface area (Å²) in [5.41, 5.74) is 0.353. The SMILES string of the molecule is C=CCC1(CC=C)CCCCN1C(=O)c1ccc(C)[nH]c1=O. The van der Waals surface area contributed by atoms with Crippen LogP contribution in [0.25, 0.3) is 0 Å². The van der Waals surface area contributed by atoms with Crippen LogP contribution in [0.1, 0.15) is 48.2 Å². The fourth-order valence-corrected chi connectivity index (χ4v) is 3.34. The van der Waals surface area contributed by atoms with E-state index in [1.54, 1.807) is 19.1 Å². The van der Waals surface area contributed by atoms with Crippen molar-refractivity contribution >= 4 is 5.91 Å². The number of carbonyl (C=O) groups excluding carboxylic acids is 1. The highest BCUT2D eigenvalue weighted by molar-refractivity contribution is 5.94. The molecule has 0 radical (unpaired) electrons. The number of aromatic amines is 1. The minimum atomic E-state index is -0.318. The van der Waals surface area contributed by atoms with E-state index in [1.165, 1.54) is 0 Å². The van der Waals surface area contributed by atoms with Crippen LogP contribution in [-0.4, -0.2) is 27.9 Å². The number of aromatic nitrogens is 1. The molecule has 0 saturated carbocycles. The first-order valence-corrected chi connectivity index (χ1v) is 7.78. The van der Waals surface area contributed by atoms with E-state index in [-0.39, 0.29) is 22.6 Å². The van der Waals surface area contributed by atoms with E-state index in [2.05, 4.69) is 18.1 Å². The molecule has 1 aromatic heterocycles. The first-order valence-electron chi connectivity index (χ1n) is 7.78. The third-order valence-corrected chi connectivity index (χ3v) is 4.43. The molecule has 1 amide bonds. The van der Waals surface area contributed by atoms with E-state index in [4.69, 9.17) is 0 Å². The number of hydrogen-bond donors (Lipinski definition) is 1. The molecule has 1 fully saturated rings. The number of pyridine rings is 1. The summed E-state index contributed by atoms with van der Waals surface area (Å²) in [6.45, 7) is 10.2. The Hall–Kier alpha value is -2.10. The van der Waals surface area contributed by atoms with Gasteiger partial charge in [-0.05, 0) is 51.2 Å². The van der Waals surface area contributed by atoms with E-state index < -0.39 is 0 Å². The molecular weight excluding hydrogens is 276 g/mol. The van der Waals surface area contributed by atoms with Crippen molar-refractivity contribution in [3.05, 3.63) is 59.1 Å². The molecule has 2 heterocycles. The van der Waals surface area contributed by atoms with Crippen LogP contribution < -0.4 is 5.56 Å². The van der Waals surface area contributed by atoms with E-state index in [0.717, 1.165) is 25.0 Å². The number of nitrogens with zero attached hydrogens (tertiary/aromatic N) is 1. The van der Waals surface area contributed by atoms with Gasteiger partial charge in [0, 0.05) is 12.2 Å². The predicted molar refractivity (Wildman–Crippen MR) is 89.0 cm³/mol. The third kappa shape index (κ3) is 3.06. The number of carbonyl (C=O) groups is 1. The summed E-state index contributed by atoms with van der Waals surface area (Å²) >= 11 is 0. The van der Waals surface area contributed by atoms with Crippen molar-refractivity contribution in [2.45, 2.75) is 44.6 Å². The molecule has 4 nitrogen and oxygen atoms in total. The quantitative estimate of drug-likeness (QED) is 0.849. The van der Waals surface area contributed by atoms with Crippen LogP contribution in [0.4, 0.5) is 0 Å². The van der Waals surface area contributed by atoms with E-state index in [9.17, 15) is 9.59 Å². The average molecular weight is 300 g/mol. The molecule has 1 saturated heterocycles. The minimum absolute atomic E-state index is 0.190. The van der Waals surface area contributed by atoms with Crippen LogP contribution in [0, 0.1) is 6.92 Å². The summed E-state index contributed by atoms with van der Waals surface area (Å²) in [4.78, 5) is 29.6. The largest absolute Gasteiger partial charge is 0.332 e. The molecule has 0 aliphatic carbocycles. The van der Waals surface area contributed by atoms with Gasteiger partial charge < -0.3 is 9.88 Å². The first kappa shape index (κ1) is 16.3. The van der Waals surface area contributed by atoms with Crippen molar-refractivity contribution in [1.29, 1.82) is 0 Å². The number of likely N-dealkylation sites (tertiary alicyclic amines) is 1. The van der Waals surface area contributed by atoms with Gasteiger partial charge in [0.05, 0.1) is 5.54 Å². The lowest BCUT2D eigenvalue weighted by atomic mass is 9.80. The molecule has 0 spiro atoms. The van der Waals surface area contributed by atoms with Crippen molar-refractivity contribution in [3.8, 4) is 0 Å². The molecule has 2 rings (SSSR count). The van der Waals surface area contributed by atoms with Crippen LogP contribution in [0.5, 0.6) is 0 Å². The lowest BCUT2D eigenvalue weighted by Gasteiger charge is -2.46. The van der Waals surface area contributed by atoms with Crippen molar-refractivity contribution in [2.75, 3.05) is 6.54 Å². The van der Waals surface area contributed by atoms with Crippen molar-refractivity contribution in [2.24, 2.45) is 0 Å². The fraction of sp³-hybridized carbons (Fsp3) is 0.444. The second kappa shape index (κ2) is 6.77. The highest BCUT2D eigenvalue weighted by Crippen LogP contribution is 2.35. The van der Waals surface area contributed by atoms with Crippen LogP contribution >= 0.6 is 0 Å². The Morgan fingerprint density at radius 3 is 2.59 bits per heavy atom. The molecule has 4 heteroatoms. The molecule has 22 heavy (non-hydrogen) atoms. The van der Waals surface area contributed by atoms with Gasteiger partial charge in [0.1, 0.15) is 5.56 Å². The summed E-state index contributed by atoms with van der Waals surface area (Å²) in [6.07, 6.45) is 8.10. The first-order chi connectivity index (χ1) is 10.5. The van der Waals surface area contributed by atoms with Crippen LogP contribution in [-0.2, 0) is 0 Å². The van der Waals surface area contributed by atoms with Crippen LogP contribution in [0.2, 0.25) is 0 Å². The molecule has 1 aliphatic heterocycles. The van der Waals surface area contributed by atoms with Crippen LogP contribution in [0.3, 0.4) is 0 Å². The topological polar surface area (TPSA) is 53.2 Å². The maximum Gasteiger partial charge on any atom is 0.260 e. The molecule has 0 bridgehead atoms. The predicted octanol–water partition coefficient (Wildman–Crippen LogP) is 3.20. The van der Waals surface area contributed by atoms with Gasteiger partial charge in [0.15, 0.2) is 0 Å². The van der Waals surface area contributed by atoms with E-state index >= 15 is 0 Å². The Bertz CT molecular complexity index is 620. The number of aryl methyl sites for hydroxylation is 1. The zero-order valence-electron chi connectivity index (χ0n) is 13.2. The minimum Gasteiger partial charge on any atom is -0.332 e. The molecule has 0 unspecified atom stereocenters. The third-order valence-electron chi connectivity index (χ3n) is 4.43. The number of amides is 1. The lowest BCUT2D eigenvalue weighted by Crippen LogP contribution is -2.55. The second-order valence-corrected chi connectivity index (χ2v) is 6.01. The molecule has 1 aliphatic rings. The lowest BCUT2D eigenvalue weighted by molar-refractivity contribution is 0.0328. The van der Waals surface area contributed by atoms with Gasteiger partial charge in [-0.25, -0.2) is 0 Å². The Morgan fingerprint density at radius 2 is 2.00 bits per heavy atom. The molecule has 0 aromatic carbocycles. The van der Waals surface area contributed by atoms with Crippen molar-refractivity contribution in [3.63, 3.8) is 0 Å². The van der Waals surface area contributed by atoms with Gasteiger partial charge in [-0.1, -0.05) is 12.2 Å². The standard InChI is InChI=1S/C18H24N2O2/c1-4-10-18(11-5-2)12-6-7-13-20(18)17(22)15-9-8-14(3)19-16(15)21/h4-5,8-9H,1-2,6-7,10-13H2,3H3,(H,19,21). The summed E-state index contributed by atoms with van der Waals surface area (Å²) < 4.78 is 0. The Balaban J connectivity index is 2.41. The van der Waals surface area contributed by atoms with E-state index in [0.29, 0.717) is 19.4 Å². The summed E-state index contributed by atoms with van der Waals surface area (Å²) in [7, 11) is 0. The number of H-pyrrole nitrogens is 1. The number of rotatable bonds is 5. The highest BCUT2D eigenvalue weighted by atomic mass is 16.2. The van der Waals surface area contributed by atoms with E-state index in [1.807, 2.05) is 17.1 Å². The van der Waals surface area contributed by atoms with Gasteiger partial charge >= 0.3 is 0 Å². The smallest absolute Gasteiger partial charge is 0.260 e. The van der Waals surface area contributed by atoms with Gasteiger partial charge in [-0.3, -0.25) is 9.59 Å². The molecule has 0 atom stereocenters. The summed E-state index contributed by atoms with van der Waals surface area (Å²) in [5.74, 6) is -0.190. The Kier molecular flexibility index (Phi) is 5.01. The zero-order chi connectivity index (χ0) is 16.2. The molecule has 118 valence electrons. The zero-order valence-corrected chi connectivity index (χ0v) is 13.2. The maximum absolute atomic E-state index is 12.9. The molecule has 1 aromatic rings. The highest BCUT2D eigenvalue weighted by Gasteiger charge is 2.40. The summed E-state index contributed by atoms with van der Waals surface area (Å²) in [6, 6.07) is 3.39. The van der Waals surface area contributed by atoms with Gasteiger partial charge in [0.2, 0.25) is 0 Å². The summed E-state index contributed by atoms with van der Waals surface area (Å²) in [5, 5.41) is 0. The number of nitrogens with one attached hydrogen (secondary N) is 1. The van der Waals surface area contributed by atoms with Gasteiger partial charge in [-0.15, -0.1) is 13.2 Å². The number of hydrogen-bond acceptors (Lipinski definition) is 2. The van der Waals surface area contributed by atoms with Gasteiger partial charge in [0.25, 0.3) is 11.5 Å². The molecular formula is C18H24N2O2. The normalized spacial score (nSPS) is 17.0. The Labute approximate surface area is 131 Å². The maximum atomic E-state index is 12.9. The molecule has 1 N–H and O–H groups in total. The van der Waals surface area contributed by atoms with Crippen molar-refractivity contribution < 1.29 is 4.79 Å². The fourth-order valence-electron chi connectivity index (χ4n) is 3.34. The van der Waals surface area contributed by atoms with Gasteiger partial charge in [-0.2, -0.15) is 0 Å². The average Bonchev–Trinajstić information content (AvgIpc) is 2.47. The van der Waals surface area contributed by atoms with Crippen molar-refractivity contribution in [1.82, 2.24) is 9.88 Å². The number of piperidine rings is 1. The van der Waals surface area contributed by atoms with Crippen LogP contribution in [0.15, 0.2) is 42.2 Å². The monoisotopic (exact) mass is 300 g/mol. The Morgan fingerprint density at radius 1 is 1.32 bits per heavy atom.